The van der Waals surface area contributed by atoms with Gasteiger partial charge in [0.25, 0.3) is 0 Å². The van der Waals surface area contributed by atoms with Crippen LogP contribution in [0.5, 0.6) is 0 Å². The van der Waals surface area contributed by atoms with Gasteiger partial charge >= 0.3 is 0 Å². The minimum absolute atomic E-state index is 1.18. The van der Waals surface area contributed by atoms with Crippen molar-refractivity contribution in [3.8, 4) is 77.9 Å². The van der Waals surface area contributed by atoms with Crippen molar-refractivity contribution in [3.05, 3.63) is 243 Å². The third kappa shape index (κ3) is 6.36. The molecule has 11 aromatic rings. The summed E-state index contributed by atoms with van der Waals surface area (Å²) in [5.74, 6) is 0. The summed E-state index contributed by atoms with van der Waals surface area (Å²) in [5.41, 5.74) is 17.0. The van der Waals surface area contributed by atoms with E-state index in [4.69, 9.17) is 0 Å². The first-order valence-electron chi connectivity index (χ1n) is 20.7. The van der Waals surface area contributed by atoms with Gasteiger partial charge in [-0.05, 0) is 134 Å². The molecule has 0 unspecified atom stereocenters. The molecule has 0 saturated heterocycles. The van der Waals surface area contributed by atoms with Crippen molar-refractivity contribution >= 4 is 32.3 Å². The zero-order chi connectivity index (χ0) is 39.8. The van der Waals surface area contributed by atoms with E-state index in [0.717, 1.165) is 0 Å². The maximum absolute atomic E-state index is 2.45. The van der Waals surface area contributed by atoms with E-state index in [2.05, 4.69) is 243 Å². The largest absolute Gasteiger partial charge is 0.0622 e. The first kappa shape index (κ1) is 35.4. The summed E-state index contributed by atoms with van der Waals surface area (Å²) in [6.07, 6.45) is 0. The summed E-state index contributed by atoms with van der Waals surface area (Å²) in [6.45, 7) is 0. The van der Waals surface area contributed by atoms with Crippen molar-refractivity contribution in [2.24, 2.45) is 0 Å². The highest BCUT2D eigenvalue weighted by Crippen LogP contribution is 2.47. The molecule has 0 fully saturated rings. The van der Waals surface area contributed by atoms with Crippen molar-refractivity contribution in [2.45, 2.75) is 0 Å². The Bertz CT molecular complexity index is 3200. The lowest BCUT2D eigenvalue weighted by atomic mass is 9.82. The van der Waals surface area contributed by atoms with Crippen LogP contribution in [0.4, 0.5) is 0 Å². The molecule has 0 radical (unpaired) electrons. The third-order valence-electron chi connectivity index (χ3n) is 12.1. The van der Waals surface area contributed by atoms with E-state index in [9.17, 15) is 0 Å². The van der Waals surface area contributed by atoms with Gasteiger partial charge in [-0.1, -0.05) is 218 Å². The van der Waals surface area contributed by atoms with Gasteiger partial charge in [0.2, 0.25) is 0 Å². The average molecular weight is 761 g/mol. The summed E-state index contributed by atoms with van der Waals surface area (Å²) in [6, 6.07) is 88.9. The van der Waals surface area contributed by atoms with E-state index in [1.54, 1.807) is 0 Å². The molecule has 60 heavy (non-hydrogen) atoms. The van der Waals surface area contributed by atoms with Gasteiger partial charge in [0, 0.05) is 0 Å². The second-order valence-electron chi connectivity index (χ2n) is 15.6. The summed E-state index contributed by atoms with van der Waals surface area (Å²) in [5, 5.41) is 7.49. The lowest BCUT2D eigenvalue weighted by molar-refractivity contribution is 1.55. The van der Waals surface area contributed by atoms with E-state index >= 15 is 0 Å². The van der Waals surface area contributed by atoms with Crippen LogP contribution in [-0.4, -0.2) is 0 Å². The Morgan fingerprint density at radius 2 is 0.567 bits per heavy atom. The summed E-state index contributed by atoms with van der Waals surface area (Å²) >= 11 is 0. The standard InChI is InChI=1S/C60H40/c1-4-17-41(18-5-1)48-37-49(42-19-6-2-7-20-42)39-50(38-48)47-35-36-53(45-33-31-44(32-34-45)52-30-16-24-43-21-10-11-25-51(43)52)58(40-47)60-56-28-14-12-26-54(56)59(46-22-8-3-9-23-46)55-27-13-15-29-57(55)60/h1-40H. The first-order chi connectivity index (χ1) is 29.8. The quantitative estimate of drug-likeness (QED) is 0.142. The molecule has 0 nitrogen and oxygen atoms in total. The maximum Gasteiger partial charge on any atom is -0.00199 e. The number of fused-ring (bicyclic) bond motifs is 3. The van der Waals surface area contributed by atoms with Crippen molar-refractivity contribution < 1.29 is 0 Å². The fourth-order valence-corrected chi connectivity index (χ4v) is 9.21. The molecule has 0 aliphatic rings. The molecule has 0 amide bonds. The van der Waals surface area contributed by atoms with Crippen molar-refractivity contribution in [1.82, 2.24) is 0 Å². The molecule has 0 saturated carbocycles. The van der Waals surface area contributed by atoms with Gasteiger partial charge in [-0.15, -0.1) is 0 Å². The van der Waals surface area contributed by atoms with Crippen LogP contribution in [0.1, 0.15) is 0 Å². The number of hydrogen-bond acceptors (Lipinski definition) is 0. The Morgan fingerprint density at radius 1 is 0.167 bits per heavy atom. The summed E-state index contributed by atoms with van der Waals surface area (Å²) in [7, 11) is 0. The molecule has 0 atom stereocenters. The molecular formula is C60H40. The van der Waals surface area contributed by atoms with Crippen LogP contribution in [0.25, 0.3) is 110 Å². The smallest absolute Gasteiger partial charge is 0.00199 e. The van der Waals surface area contributed by atoms with Crippen LogP contribution in [-0.2, 0) is 0 Å². The normalized spacial score (nSPS) is 11.3. The fraction of sp³-hybridized carbons (Fsp3) is 0. The number of benzene rings is 11. The Kier molecular flexibility index (Phi) is 8.95. The molecule has 0 bridgehead atoms. The highest BCUT2D eigenvalue weighted by molar-refractivity contribution is 6.22. The molecule has 0 spiro atoms. The molecule has 0 heteroatoms. The van der Waals surface area contributed by atoms with Crippen molar-refractivity contribution in [1.29, 1.82) is 0 Å². The minimum atomic E-state index is 1.18. The second-order valence-corrected chi connectivity index (χ2v) is 15.6. The summed E-state index contributed by atoms with van der Waals surface area (Å²) in [4.78, 5) is 0. The van der Waals surface area contributed by atoms with Gasteiger partial charge in [-0.3, -0.25) is 0 Å². The zero-order valence-corrected chi connectivity index (χ0v) is 33.1. The van der Waals surface area contributed by atoms with Gasteiger partial charge < -0.3 is 0 Å². The van der Waals surface area contributed by atoms with Crippen molar-refractivity contribution in [3.63, 3.8) is 0 Å². The van der Waals surface area contributed by atoms with Crippen LogP contribution >= 0.6 is 0 Å². The highest BCUT2D eigenvalue weighted by Gasteiger charge is 2.20. The molecule has 0 heterocycles. The van der Waals surface area contributed by atoms with E-state index in [-0.39, 0.29) is 0 Å². The van der Waals surface area contributed by atoms with Gasteiger partial charge in [0.15, 0.2) is 0 Å². The molecule has 280 valence electrons. The topological polar surface area (TPSA) is 0 Å². The van der Waals surface area contributed by atoms with E-state index in [1.165, 1.54) is 110 Å². The van der Waals surface area contributed by atoms with Crippen molar-refractivity contribution in [2.75, 3.05) is 0 Å². The lowest BCUT2D eigenvalue weighted by Gasteiger charge is -2.21. The van der Waals surface area contributed by atoms with E-state index in [0.29, 0.717) is 0 Å². The summed E-state index contributed by atoms with van der Waals surface area (Å²) < 4.78 is 0. The first-order valence-corrected chi connectivity index (χ1v) is 20.7. The molecule has 0 aromatic heterocycles. The zero-order valence-electron chi connectivity index (χ0n) is 33.1. The molecule has 0 aliphatic heterocycles. The molecule has 0 aliphatic carbocycles. The van der Waals surface area contributed by atoms with Crippen LogP contribution in [0, 0.1) is 0 Å². The predicted molar refractivity (Wildman–Crippen MR) is 257 cm³/mol. The minimum Gasteiger partial charge on any atom is -0.0622 e. The van der Waals surface area contributed by atoms with Gasteiger partial charge in [-0.2, -0.15) is 0 Å². The van der Waals surface area contributed by atoms with Crippen LogP contribution in [0.2, 0.25) is 0 Å². The Morgan fingerprint density at radius 3 is 1.12 bits per heavy atom. The van der Waals surface area contributed by atoms with E-state index < -0.39 is 0 Å². The Balaban J connectivity index is 1.17. The Labute approximate surface area is 351 Å². The van der Waals surface area contributed by atoms with Crippen LogP contribution in [0.3, 0.4) is 0 Å². The molecule has 11 aromatic carbocycles. The average Bonchev–Trinajstić information content (AvgIpc) is 3.33. The molecular weight excluding hydrogens is 721 g/mol. The predicted octanol–water partition coefficient (Wildman–Crippen LogP) is 16.8. The number of hydrogen-bond donors (Lipinski definition) is 0. The van der Waals surface area contributed by atoms with Crippen LogP contribution in [0.15, 0.2) is 243 Å². The monoisotopic (exact) mass is 760 g/mol. The van der Waals surface area contributed by atoms with Gasteiger partial charge in [-0.25, -0.2) is 0 Å². The fourth-order valence-electron chi connectivity index (χ4n) is 9.21. The second kappa shape index (κ2) is 15.2. The van der Waals surface area contributed by atoms with Gasteiger partial charge in [0.05, 0.1) is 0 Å². The van der Waals surface area contributed by atoms with Gasteiger partial charge in [0.1, 0.15) is 0 Å². The number of rotatable bonds is 7. The maximum atomic E-state index is 2.45. The SMILES string of the molecule is c1ccc(-c2cc(-c3ccccc3)cc(-c3ccc(-c4ccc(-c5cccc6ccccc56)cc4)c(-c4c5ccccc5c(-c5ccccc5)c5ccccc45)c3)c2)cc1. The van der Waals surface area contributed by atoms with Crippen LogP contribution < -0.4 is 0 Å². The van der Waals surface area contributed by atoms with E-state index in [1.807, 2.05) is 0 Å². The highest BCUT2D eigenvalue weighted by atomic mass is 14.2. The lowest BCUT2D eigenvalue weighted by Crippen LogP contribution is -1.94. The Hall–Kier alpha value is -7.80. The third-order valence-corrected chi connectivity index (χ3v) is 12.1. The molecule has 0 N–H and O–H groups in total. The molecule has 11 rings (SSSR count).